The Kier molecular flexibility index (Phi) is 5.88. The minimum absolute atomic E-state index is 0.356. The molecule has 2 fully saturated rings. The van der Waals surface area contributed by atoms with Crippen molar-refractivity contribution in [3.8, 4) is 0 Å². The standard InChI is InChI=1S/C13H24N2O4/c16-13(17)15-3-1-2-12(10-15)11-19-9-6-14-4-7-18-8-5-14/h12H,1-11H2,(H,16,17). The molecule has 0 saturated carbocycles. The predicted molar refractivity (Wildman–Crippen MR) is 70.4 cm³/mol. The highest BCUT2D eigenvalue weighted by atomic mass is 16.5. The lowest BCUT2D eigenvalue weighted by molar-refractivity contribution is 0.0105. The van der Waals surface area contributed by atoms with Gasteiger partial charge in [0.15, 0.2) is 0 Å². The molecule has 110 valence electrons. The molecule has 2 aliphatic rings. The van der Waals surface area contributed by atoms with Crippen LogP contribution < -0.4 is 0 Å². The van der Waals surface area contributed by atoms with Gasteiger partial charge < -0.3 is 19.5 Å². The summed E-state index contributed by atoms with van der Waals surface area (Å²) >= 11 is 0. The number of carbonyl (C=O) groups is 1. The fraction of sp³-hybridized carbons (Fsp3) is 0.923. The van der Waals surface area contributed by atoms with Crippen LogP contribution in [0.15, 0.2) is 0 Å². The van der Waals surface area contributed by atoms with Crippen LogP contribution in [0.4, 0.5) is 4.79 Å². The van der Waals surface area contributed by atoms with Crippen molar-refractivity contribution in [2.45, 2.75) is 12.8 Å². The van der Waals surface area contributed by atoms with E-state index < -0.39 is 6.09 Å². The molecular weight excluding hydrogens is 248 g/mol. The minimum atomic E-state index is -0.807. The lowest BCUT2D eigenvalue weighted by Crippen LogP contribution is -2.41. The molecule has 6 nitrogen and oxygen atoms in total. The van der Waals surface area contributed by atoms with E-state index in [9.17, 15) is 4.79 Å². The van der Waals surface area contributed by atoms with Crippen molar-refractivity contribution in [3.63, 3.8) is 0 Å². The predicted octanol–water partition coefficient (Wildman–Crippen LogP) is 0.725. The zero-order chi connectivity index (χ0) is 13.5. The second-order valence-corrected chi connectivity index (χ2v) is 5.27. The SMILES string of the molecule is O=C(O)N1CCCC(COCCN2CCOCC2)C1. The van der Waals surface area contributed by atoms with E-state index in [0.717, 1.165) is 52.3 Å². The van der Waals surface area contributed by atoms with E-state index in [2.05, 4.69) is 4.90 Å². The van der Waals surface area contributed by atoms with Crippen molar-refractivity contribution in [2.24, 2.45) is 5.92 Å². The number of piperidine rings is 1. The Morgan fingerprint density at radius 1 is 1.32 bits per heavy atom. The van der Waals surface area contributed by atoms with Crippen molar-refractivity contribution >= 4 is 6.09 Å². The molecule has 1 atom stereocenters. The second kappa shape index (κ2) is 7.67. The molecule has 0 aromatic heterocycles. The van der Waals surface area contributed by atoms with Gasteiger partial charge in [0.1, 0.15) is 0 Å². The molecule has 6 heteroatoms. The molecule has 1 amide bonds. The summed E-state index contributed by atoms with van der Waals surface area (Å²) in [6.45, 7) is 7.23. The number of nitrogens with zero attached hydrogens (tertiary/aromatic N) is 2. The Hall–Kier alpha value is -0.850. The monoisotopic (exact) mass is 272 g/mol. The molecular formula is C13H24N2O4. The quantitative estimate of drug-likeness (QED) is 0.747. The third-order valence-electron chi connectivity index (χ3n) is 3.80. The van der Waals surface area contributed by atoms with Crippen LogP contribution in [0.25, 0.3) is 0 Å². The topological polar surface area (TPSA) is 62.2 Å². The maximum absolute atomic E-state index is 10.9. The highest BCUT2D eigenvalue weighted by molar-refractivity contribution is 5.65. The molecule has 19 heavy (non-hydrogen) atoms. The lowest BCUT2D eigenvalue weighted by Gasteiger charge is -2.31. The number of hydrogen-bond acceptors (Lipinski definition) is 4. The number of likely N-dealkylation sites (tertiary alicyclic amines) is 1. The van der Waals surface area contributed by atoms with Crippen molar-refractivity contribution in [1.29, 1.82) is 0 Å². The first-order valence-electron chi connectivity index (χ1n) is 7.11. The molecule has 2 heterocycles. The average molecular weight is 272 g/mol. The van der Waals surface area contributed by atoms with Gasteiger partial charge in [-0.1, -0.05) is 0 Å². The van der Waals surface area contributed by atoms with E-state index >= 15 is 0 Å². The fourth-order valence-electron chi connectivity index (χ4n) is 2.64. The van der Waals surface area contributed by atoms with Crippen molar-refractivity contribution in [2.75, 3.05) is 59.2 Å². The molecule has 2 aliphatic heterocycles. The van der Waals surface area contributed by atoms with E-state index in [1.54, 1.807) is 0 Å². The van der Waals surface area contributed by atoms with E-state index in [4.69, 9.17) is 14.6 Å². The summed E-state index contributed by atoms with van der Waals surface area (Å²) in [5.74, 6) is 0.356. The van der Waals surface area contributed by atoms with Gasteiger partial charge in [-0.15, -0.1) is 0 Å². The van der Waals surface area contributed by atoms with E-state index in [1.807, 2.05) is 0 Å². The van der Waals surface area contributed by atoms with Crippen LogP contribution in [0, 0.1) is 5.92 Å². The van der Waals surface area contributed by atoms with Crippen LogP contribution in [-0.4, -0.2) is 80.2 Å². The number of amides is 1. The fourth-order valence-corrected chi connectivity index (χ4v) is 2.64. The summed E-state index contributed by atoms with van der Waals surface area (Å²) in [7, 11) is 0. The third-order valence-corrected chi connectivity index (χ3v) is 3.80. The first-order valence-corrected chi connectivity index (χ1v) is 7.11. The molecule has 0 aliphatic carbocycles. The summed E-state index contributed by atoms with van der Waals surface area (Å²) in [6.07, 6.45) is 1.21. The van der Waals surface area contributed by atoms with Crippen LogP contribution in [0.5, 0.6) is 0 Å². The molecule has 0 aromatic rings. The Morgan fingerprint density at radius 3 is 2.84 bits per heavy atom. The molecule has 2 rings (SSSR count). The van der Waals surface area contributed by atoms with Gasteiger partial charge in [-0.3, -0.25) is 4.90 Å². The van der Waals surface area contributed by atoms with Crippen LogP contribution in [0.2, 0.25) is 0 Å². The normalized spacial score (nSPS) is 25.5. The lowest BCUT2D eigenvalue weighted by atomic mass is 9.99. The van der Waals surface area contributed by atoms with Gasteiger partial charge >= 0.3 is 6.09 Å². The summed E-state index contributed by atoms with van der Waals surface area (Å²) in [4.78, 5) is 14.7. The minimum Gasteiger partial charge on any atom is -0.465 e. The van der Waals surface area contributed by atoms with Gasteiger partial charge in [0.25, 0.3) is 0 Å². The van der Waals surface area contributed by atoms with Crippen LogP contribution in [-0.2, 0) is 9.47 Å². The number of ether oxygens (including phenoxy) is 2. The zero-order valence-electron chi connectivity index (χ0n) is 11.4. The van der Waals surface area contributed by atoms with Crippen LogP contribution in [0.1, 0.15) is 12.8 Å². The van der Waals surface area contributed by atoms with Crippen molar-refractivity contribution in [3.05, 3.63) is 0 Å². The number of rotatable bonds is 5. The van der Waals surface area contributed by atoms with E-state index in [1.165, 1.54) is 4.90 Å². The first-order chi connectivity index (χ1) is 9.25. The summed E-state index contributed by atoms with van der Waals surface area (Å²) in [6, 6.07) is 0. The number of carboxylic acid groups (broad SMARTS) is 1. The molecule has 1 N–H and O–H groups in total. The van der Waals surface area contributed by atoms with Crippen LogP contribution in [0.3, 0.4) is 0 Å². The summed E-state index contributed by atoms with van der Waals surface area (Å²) in [5, 5.41) is 8.96. The highest BCUT2D eigenvalue weighted by Crippen LogP contribution is 2.16. The Balaban J connectivity index is 1.56. The molecule has 1 unspecified atom stereocenters. The van der Waals surface area contributed by atoms with Crippen LogP contribution >= 0.6 is 0 Å². The Morgan fingerprint density at radius 2 is 2.11 bits per heavy atom. The maximum Gasteiger partial charge on any atom is 0.407 e. The smallest absolute Gasteiger partial charge is 0.407 e. The van der Waals surface area contributed by atoms with Crippen molar-refractivity contribution < 1.29 is 19.4 Å². The molecule has 0 aromatic carbocycles. The Bertz CT molecular complexity index is 282. The largest absolute Gasteiger partial charge is 0.465 e. The van der Waals surface area contributed by atoms with Gasteiger partial charge in [0, 0.05) is 38.6 Å². The maximum atomic E-state index is 10.9. The number of morpholine rings is 1. The molecule has 0 bridgehead atoms. The highest BCUT2D eigenvalue weighted by Gasteiger charge is 2.23. The van der Waals surface area contributed by atoms with Crippen molar-refractivity contribution in [1.82, 2.24) is 9.80 Å². The third kappa shape index (κ3) is 4.97. The molecule has 2 saturated heterocycles. The molecule has 0 radical (unpaired) electrons. The zero-order valence-corrected chi connectivity index (χ0v) is 11.4. The van der Waals surface area contributed by atoms with Gasteiger partial charge in [0.2, 0.25) is 0 Å². The Labute approximate surface area is 114 Å². The van der Waals surface area contributed by atoms with Gasteiger partial charge in [-0.05, 0) is 12.8 Å². The van der Waals surface area contributed by atoms with Gasteiger partial charge in [0.05, 0.1) is 26.4 Å². The second-order valence-electron chi connectivity index (χ2n) is 5.27. The number of hydrogen-bond donors (Lipinski definition) is 1. The van der Waals surface area contributed by atoms with Gasteiger partial charge in [-0.25, -0.2) is 4.79 Å². The summed E-state index contributed by atoms with van der Waals surface area (Å²) < 4.78 is 11.0. The van der Waals surface area contributed by atoms with Gasteiger partial charge in [-0.2, -0.15) is 0 Å². The average Bonchev–Trinajstić information content (AvgIpc) is 2.45. The molecule has 0 spiro atoms. The first kappa shape index (κ1) is 14.6. The summed E-state index contributed by atoms with van der Waals surface area (Å²) in [5.41, 5.74) is 0. The van der Waals surface area contributed by atoms with E-state index in [-0.39, 0.29) is 0 Å². The van der Waals surface area contributed by atoms with E-state index in [0.29, 0.717) is 25.6 Å².